The van der Waals surface area contributed by atoms with Crippen LogP contribution in [0.2, 0.25) is 0 Å². The molecule has 1 aromatic rings. The van der Waals surface area contributed by atoms with E-state index in [2.05, 4.69) is 54.8 Å². The fourth-order valence-electron chi connectivity index (χ4n) is 4.59. The van der Waals surface area contributed by atoms with Crippen LogP contribution >= 0.6 is 0 Å². The molecule has 0 aromatic heterocycles. The molecule has 2 heterocycles. The van der Waals surface area contributed by atoms with Gasteiger partial charge in [-0.1, -0.05) is 45.0 Å². The number of hydrogen-bond acceptors (Lipinski definition) is 2. The van der Waals surface area contributed by atoms with E-state index in [1.54, 1.807) is 0 Å². The zero-order valence-electron chi connectivity index (χ0n) is 14.6. The van der Waals surface area contributed by atoms with Crippen molar-refractivity contribution in [2.75, 3.05) is 26.2 Å². The van der Waals surface area contributed by atoms with Crippen LogP contribution in [0.15, 0.2) is 24.3 Å². The predicted molar refractivity (Wildman–Crippen MR) is 92.3 cm³/mol. The molecule has 0 radical (unpaired) electrons. The molecule has 2 unspecified atom stereocenters. The Labute approximate surface area is 139 Å². The van der Waals surface area contributed by atoms with E-state index in [4.69, 9.17) is 0 Å². The molecule has 0 spiro atoms. The fraction of sp³-hybridized carbons (Fsp3) is 0.650. The maximum atomic E-state index is 12.8. The minimum absolute atomic E-state index is 0.195. The predicted octanol–water partition coefficient (Wildman–Crippen LogP) is 3.21. The summed E-state index contributed by atoms with van der Waals surface area (Å²) in [7, 11) is 0. The number of nitrogens with zero attached hydrogens (tertiary/aromatic N) is 2. The van der Waals surface area contributed by atoms with Gasteiger partial charge in [-0.3, -0.25) is 9.69 Å². The second-order valence-electron chi connectivity index (χ2n) is 8.37. The fourth-order valence-corrected chi connectivity index (χ4v) is 4.59. The number of fused-ring (bicyclic) bond motifs is 3. The van der Waals surface area contributed by atoms with E-state index in [0.717, 1.165) is 26.2 Å². The van der Waals surface area contributed by atoms with Crippen molar-refractivity contribution in [2.24, 2.45) is 11.8 Å². The van der Waals surface area contributed by atoms with Gasteiger partial charge in [-0.15, -0.1) is 0 Å². The van der Waals surface area contributed by atoms with E-state index in [0.29, 0.717) is 17.9 Å². The highest BCUT2D eigenvalue weighted by atomic mass is 16.2. The average molecular weight is 312 g/mol. The monoisotopic (exact) mass is 312 g/mol. The Morgan fingerprint density at radius 1 is 1.22 bits per heavy atom. The smallest absolute Gasteiger partial charge is 0.225 e. The summed E-state index contributed by atoms with van der Waals surface area (Å²) in [4.78, 5) is 17.5. The first-order valence-electron chi connectivity index (χ1n) is 9.09. The second-order valence-corrected chi connectivity index (χ2v) is 8.37. The van der Waals surface area contributed by atoms with E-state index in [1.807, 2.05) is 0 Å². The number of hydrogen-bond donors (Lipinski definition) is 0. The van der Waals surface area contributed by atoms with Crippen molar-refractivity contribution >= 4 is 5.91 Å². The molecule has 23 heavy (non-hydrogen) atoms. The minimum atomic E-state index is 0.195. The molecule has 3 aliphatic rings. The highest BCUT2D eigenvalue weighted by molar-refractivity contribution is 5.79. The van der Waals surface area contributed by atoms with Crippen LogP contribution in [-0.2, 0) is 10.2 Å². The molecule has 0 bridgehead atoms. The number of benzene rings is 1. The highest BCUT2D eigenvalue weighted by Gasteiger charge is 2.42. The molecular weight excluding hydrogens is 284 g/mol. The summed E-state index contributed by atoms with van der Waals surface area (Å²) in [5, 5.41) is 0. The van der Waals surface area contributed by atoms with Gasteiger partial charge < -0.3 is 4.90 Å². The third-order valence-electron chi connectivity index (χ3n) is 6.17. The number of carbonyl (C=O) groups is 1. The average Bonchev–Trinajstić information content (AvgIpc) is 3.38. The molecule has 2 aliphatic heterocycles. The Hall–Kier alpha value is -1.35. The molecule has 1 saturated heterocycles. The van der Waals surface area contributed by atoms with Crippen molar-refractivity contribution in [3.63, 3.8) is 0 Å². The molecule has 3 nitrogen and oxygen atoms in total. The number of amides is 1. The summed E-state index contributed by atoms with van der Waals surface area (Å²) < 4.78 is 0. The molecular formula is C20H28N2O. The van der Waals surface area contributed by atoms with Crippen molar-refractivity contribution in [2.45, 2.75) is 45.1 Å². The van der Waals surface area contributed by atoms with E-state index in [9.17, 15) is 4.79 Å². The largest absolute Gasteiger partial charge is 0.339 e. The van der Waals surface area contributed by atoms with Gasteiger partial charge in [0.2, 0.25) is 5.91 Å². The molecule has 2 atom stereocenters. The maximum absolute atomic E-state index is 12.8. The van der Waals surface area contributed by atoms with E-state index in [-0.39, 0.29) is 11.3 Å². The first-order chi connectivity index (χ1) is 11.0. The number of carbonyl (C=O) groups excluding carboxylic acids is 1. The van der Waals surface area contributed by atoms with Gasteiger partial charge in [0.05, 0.1) is 6.04 Å². The minimum Gasteiger partial charge on any atom is -0.339 e. The Bertz CT molecular complexity index is 620. The zero-order valence-corrected chi connectivity index (χ0v) is 14.6. The van der Waals surface area contributed by atoms with Gasteiger partial charge in [0.25, 0.3) is 0 Å². The van der Waals surface area contributed by atoms with Gasteiger partial charge in [-0.2, -0.15) is 0 Å². The summed E-state index contributed by atoms with van der Waals surface area (Å²) >= 11 is 0. The SMILES string of the molecule is CC(C(=O)N1CCN2CC(C)(C)c3ccccc3C2C1)C1CC1. The summed E-state index contributed by atoms with van der Waals surface area (Å²) in [6, 6.07) is 9.22. The highest BCUT2D eigenvalue weighted by Crippen LogP contribution is 2.42. The Balaban J connectivity index is 1.59. The van der Waals surface area contributed by atoms with Crippen molar-refractivity contribution in [1.82, 2.24) is 9.80 Å². The molecule has 2 fully saturated rings. The van der Waals surface area contributed by atoms with Crippen molar-refractivity contribution < 1.29 is 4.79 Å². The van der Waals surface area contributed by atoms with Gasteiger partial charge in [-0.25, -0.2) is 0 Å². The number of piperazine rings is 1. The molecule has 1 saturated carbocycles. The van der Waals surface area contributed by atoms with Crippen molar-refractivity contribution in [1.29, 1.82) is 0 Å². The van der Waals surface area contributed by atoms with Crippen LogP contribution in [0, 0.1) is 11.8 Å². The Kier molecular flexibility index (Phi) is 3.53. The summed E-state index contributed by atoms with van der Waals surface area (Å²) in [6.45, 7) is 10.7. The van der Waals surface area contributed by atoms with Gasteiger partial charge in [-0.05, 0) is 29.9 Å². The van der Waals surface area contributed by atoms with Gasteiger partial charge in [0, 0.05) is 37.5 Å². The normalized spacial score (nSPS) is 28.0. The lowest BCUT2D eigenvalue weighted by molar-refractivity contribution is -0.139. The topological polar surface area (TPSA) is 23.6 Å². The van der Waals surface area contributed by atoms with Gasteiger partial charge in [0.1, 0.15) is 0 Å². The van der Waals surface area contributed by atoms with Crippen molar-refractivity contribution in [3.8, 4) is 0 Å². The maximum Gasteiger partial charge on any atom is 0.225 e. The van der Waals surface area contributed by atoms with Crippen LogP contribution in [0.5, 0.6) is 0 Å². The summed E-state index contributed by atoms with van der Waals surface area (Å²) in [6.07, 6.45) is 2.49. The lowest BCUT2D eigenvalue weighted by Gasteiger charge is -2.50. The zero-order chi connectivity index (χ0) is 16.2. The van der Waals surface area contributed by atoms with Gasteiger partial charge in [0.15, 0.2) is 0 Å². The van der Waals surface area contributed by atoms with E-state index in [1.165, 1.54) is 24.0 Å². The second kappa shape index (κ2) is 5.34. The molecule has 1 aromatic carbocycles. The van der Waals surface area contributed by atoms with Crippen molar-refractivity contribution in [3.05, 3.63) is 35.4 Å². The van der Waals surface area contributed by atoms with Crippen LogP contribution < -0.4 is 0 Å². The van der Waals surface area contributed by atoms with Crippen LogP contribution in [0.4, 0.5) is 0 Å². The first-order valence-corrected chi connectivity index (χ1v) is 9.09. The molecule has 1 amide bonds. The Morgan fingerprint density at radius 2 is 1.96 bits per heavy atom. The molecule has 1 aliphatic carbocycles. The molecule has 124 valence electrons. The quantitative estimate of drug-likeness (QED) is 0.837. The first kappa shape index (κ1) is 15.2. The summed E-state index contributed by atoms with van der Waals surface area (Å²) in [5.74, 6) is 1.25. The van der Waals surface area contributed by atoms with Crippen LogP contribution in [0.25, 0.3) is 0 Å². The third-order valence-corrected chi connectivity index (χ3v) is 6.17. The van der Waals surface area contributed by atoms with Gasteiger partial charge >= 0.3 is 0 Å². The van der Waals surface area contributed by atoms with E-state index < -0.39 is 0 Å². The number of rotatable bonds is 2. The third kappa shape index (κ3) is 2.59. The Morgan fingerprint density at radius 3 is 2.70 bits per heavy atom. The molecule has 3 heteroatoms. The van der Waals surface area contributed by atoms with Crippen LogP contribution in [0.3, 0.4) is 0 Å². The molecule has 4 rings (SSSR count). The standard InChI is InChI=1S/C20H28N2O/c1-14(15-8-9-15)19(23)21-10-11-22-13-20(2,3)17-7-5-4-6-16(17)18(22)12-21/h4-7,14-15,18H,8-13H2,1-3H3. The summed E-state index contributed by atoms with van der Waals surface area (Å²) in [5.41, 5.74) is 3.09. The lowest BCUT2D eigenvalue weighted by Crippen LogP contribution is -2.56. The van der Waals surface area contributed by atoms with E-state index >= 15 is 0 Å². The van der Waals surface area contributed by atoms with Crippen LogP contribution in [-0.4, -0.2) is 41.9 Å². The lowest BCUT2D eigenvalue weighted by atomic mass is 9.75. The van der Waals surface area contributed by atoms with Crippen LogP contribution in [0.1, 0.15) is 50.8 Å². The molecule has 0 N–H and O–H groups in total.